The van der Waals surface area contributed by atoms with Gasteiger partial charge in [0, 0.05) is 25.3 Å². The molecule has 27 heavy (non-hydrogen) atoms. The second kappa shape index (κ2) is 7.97. The number of ether oxygens (including phenoxy) is 1. The lowest BCUT2D eigenvalue weighted by Gasteiger charge is -2.27. The van der Waals surface area contributed by atoms with Gasteiger partial charge in [-0.15, -0.1) is 0 Å². The molecule has 0 aliphatic rings. The Morgan fingerprint density at radius 1 is 0.889 bits per heavy atom. The molecule has 3 aromatic carbocycles. The molecule has 0 saturated carbocycles. The van der Waals surface area contributed by atoms with E-state index >= 15 is 0 Å². The lowest BCUT2D eigenvalue weighted by atomic mass is 9.94. The number of hydrogen-bond donors (Lipinski definition) is 0. The first kappa shape index (κ1) is 18.5. The van der Waals surface area contributed by atoms with E-state index in [2.05, 4.69) is 36.9 Å². The predicted octanol–water partition coefficient (Wildman–Crippen LogP) is 5.41. The van der Waals surface area contributed by atoms with Crippen LogP contribution in [0.4, 0.5) is 5.69 Å². The lowest BCUT2D eigenvalue weighted by Crippen LogP contribution is -2.17. The van der Waals surface area contributed by atoms with Crippen LogP contribution in [0.25, 0.3) is 0 Å². The molecule has 0 aliphatic heterocycles. The number of hydrogen-bond acceptors (Lipinski definition) is 3. The molecular weight excluding hydrogens is 332 g/mol. The molecule has 0 amide bonds. The zero-order valence-electron chi connectivity index (χ0n) is 16.2. The maximum atomic E-state index is 9.12. The van der Waals surface area contributed by atoms with E-state index in [-0.39, 0.29) is 6.10 Å². The Labute approximate surface area is 161 Å². The van der Waals surface area contributed by atoms with E-state index in [1.807, 2.05) is 68.7 Å². The van der Waals surface area contributed by atoms with Gasteiger partial charge in [0.15, 0.2) is 6.10 Å². The first-order chi connectivity index (χ1) is 13.0. The fourth-order valence-electron chi connectivity index (χ4n) is 3.10. The molecule has 0 fully saturated rings. The third-order valence-electron chi connectivity index (χ3n) is 4.75. The minimum absolute atomic E-state index is 0.267. The maximum absolute atomic E-state index is 9.12. The Hall–Kier alpha value is -3.25. The van der Waals surface area contributed by atoms with Crippen LogP contribution in [-0.2, 0) is 0 Å². The van der Waals surface area contributed by atoms with Crippen molar-refractivity contribution in [2.24, 2.45) is 0 Å². The van der Waals surface area contributed by atoms with Crippen molar-refractivity contribution in [3.8, 4) is 11.8 Å². The van der Waals surface area contributed by atoms with Crippen LogP contribution in [0.15, 0.2) is 66.7 Å². The summed E-state index contributed by atoms with van der Waals surface area (Å²) >= 11 is 0. The van der Waals surface area contributed by atoms with Gasteiger partial charge in [-0.05, 0) is 66.9 Å². The van der Waals surface area contributed by atoms with Crippen LogP contribution >= 0.6 is 0 Å². The predicted molar refractivity (Wildman–Crippen MR) is 110 cm³/mol. The number of nitrogens with zero attached hydrogens (tertiary/aromatic N) is 2. The highest BCUT2D eigenvalue weighted by Gasteiger charge is 2.22. The standard InChI is InChI=1S/C24H24N2O/c1-17-14-22(23(26(3)4)15-18(17)2)24(27-21-8-6-5-7-9-21)20-12-10-19(16-25)11-13-20/h5-15,24H,1-4H3/t24-/m0/s1. The molecule has 0 aliphatic carbocycles. The highest BCUT2D eigenvalue weighted by molar-refractivity contribution is 5.59. The molecular formula is C24H24N2O. The second-order valence-electron chi connectivity index (χ2n) is 6.93. The minimum atomic E-state index is -0.267. The summed E-state index contributed by atoms with van der Waals surface area (Å²) in [6.45, 7) is 4.25. The summed E-state index contributed by atoms with van der Waals surface area (Å²) in [6, 6.07) is 24.1. The summed E-state index contributed by atoms with van der Waals surface area (Å²) in [5.41, 5.74) is 6.38. The Kier molecular flexibility index (Phi) is 5.47. The molecule has 136 valence electrons. The van der Waals surface area contributed by atoms with Gasteiger partial charge in [0.2, 0.25) is 0 Å². The number of benzene rings is 3. The number of nitriles is 1. The first-order valence-electron chi connectivity index (χ1n) is 9.00. The Bertz CT molecular complexity index is 954. The van der Waals surface area contributed by atoms with Crippen LogP contribution in [-0.4, -0.2) is 14.1 Å². The Morgan fingerprint density at radius 2 is 1.52 bits per heavy atom. The molecule has 0 aromatic heterocycles. The summed E-state index contributed by atoms with van der Waals surface area (Å²) in [6.07, 6.45) is -0.267. The molecule has 3 rings (SSSR count). The number of para-hydroxylation sites is 1. The highest BCUT2D eigenvalue weighted by atomic mass is 16.5. The second-order valence-corrected chi connectivity index (χ2v) is 6.93. The average molecular weight is 356 g/mol. The molecule has 0 saturated heterocycles. The topological polar surface area (TPSA) is 36.3 Å². The quantitative estimate of drug-likeness (QED) is 0.613. The van der Waals surface area contributed by atoms with Crippen molar-refractivity contribution in [3.63, 3.8) is 0 Å². The molecule has 1 atom stereocenters. The van der Waals surface area contributed by atoms with Gasteiger partial charge in [-0.25, -0.2) is 0 Å². The largest absolute Gasteiger partial charge is 0.481 e. The van der Waals surface area contributed by atoms with Crippen LogP contribution in [0.5, 0.6) is 5.75 Å². The van der Waals surface area contributed by atoms with Crippen molar-refractivity contribution in [1.29, 1.82) is 5.26 Å². The van der Waals surface area contributed by atoms with Crippen LogP contribution < -0.4 is 9.64 Å². The Balaban J connectivity index is 2.14. The molecule has 0 unspecified atom stereocenters. The van der Waals surface area contributed by atoms with Gasteiger partial charge < -0.3 is 9.64 Å². The van der Waals surface area contributed by atoms with Crippen LogP contribution in [0, 0.1) is 25.2 Å². The van der Waals surface area contributed by atoms with Gasteiger partial charge in [-0.1, -0.05) is 30.3 Å². The van der Waals surface area contributed by atoms with E-state index in [1.54, 1.807) is 0 Å². The molecule has 0 spiro atoms. The third-order valence-corrected chi connectivity index (χ3v) is 4.75. The molecule has 0 heterocycles. The summed E-state index contributed by atoms with van der Waals surface area (Å²) < 4.78 is 6.44. The van der Waals surface area contributed by atoms with E-state index in [9.17, 15) is 0 Å². The molecule has 3 nitrogen and oxygen atoms in total. The van der Waals surface area contributed by atoms with Crippen LogP contribution in [0.1, 0.15) is 33.9 Å². The van der Waals surface area contributed by atoms with Crippen molar-refractivity contribution in [2.75, 3.05) is 19.0 Å². The third kappa shape index (κ3) is 4.12. The SMILES string of the molecule is Cc1cc([C@@H](Oc2ccccc2)c2ccc(C#N)cc2)c(N(C)C)cc1C. The van der Waals surface area contributed by atoms with Crippen LogP contribution in [0.3, 0.4) is 0 Å². The van der Waals surface area contributed by atoms with E-state index in [4.69, 9.17) is 10.00 Å². The number of aryl methyl sites for hydroxylation is 2. The van der Waals surface area contributed by atoms with Crippen LogP contribution in [0.2, 0.25) is 0 Å². The number of rotatable bonds is 5. The lowest BCUT2D eigenvalue weighted by molar-refractivity contribution is 0.247. The zero-order chi connectivity index (χ0) is 19.4. The average Bonchev–Trinajstić information content (AvgIpc) is 2.69. The monoisotopic (exact) mass is 356 g/mol. The fraction of sp³-hybridized carbons (Fsp3) is 0.208. The maximum Gasteiger partial charge on any atom is 0.151 e. The van der Waals surface area contributed by atoms with Gasteiger partial charge >= 0.3 is 0 Å². The molecule has 3 heteroatoms. The van der Waals surface area contributed by atoms with Crippen molar-refractivity contribution in [3.05, 3.63) is 94.5 Å². The van der Waals surface area contributed by atoms with Crippen molar-refractivity contribution in [2.45, 2.75) is 20.0 Å². The molecule has 3 aromatic rings. The van der Waals surface area contributed by atoms with Crippen molar-refractivity contribution >= 4 is 5.69 Å². The van der Waals surface area contributed by atoms with E-state index < -0.39 is 0 Å². The summed E-state index contributed by atoms with van der Waals surface area (Å²) in [4.78, 5) is 2.12. The van der Waals surface area contributed by atoms with Gasteiger partial charge in [0.05, 0.1) is 11.6 Å². The van der Waals surface area contributed by atoms with Gasteiger partial charge in [0.25, 0.3) is 0 Å². The van der Waals surface area contributed by atoms with Crippen molar-refractivity contribution < 1.29 is 4.74 Å². The highest BCUT2D eigenvalue weighted by Crippen LogP contribution is 2.36. The van der Waals surface area contributed by atoms with Gasteiger partial charge in [0.1, 0.15) is 5.75 Å². The normalized spacial score (nSPS) is 11.5. The summed E-state index contributed by atoms with van der Waals surface area (Å²) in [5, 5.41) is 9.12. The first-order valence-corrected chi connectivity index (χ1v) is 9.00. The van der Waals surface area contributed by atoms with E-state index in [1.165, 1.54) is 11.1 Å². The van der Waals surface area contributed by atoms with E-state index in [0.717, 1.165) is 22.6 Å². The Morgan fingerprint density at radius 3 is 2.11 bits per heavy atom. The fourth-order valence-corrected chi connectivity index (χ4v) is 3.10. The zero-order valence-corrected chi connectivity index (χ0v) is 16.2. The summed E-state index contributed by atoms with van der Waals surface area (Å²) in [7, 11) is 4.10. The molecule has 0 bridgehead atoms. The molecule has 0 radical (unpaired) electrons. The van der Waals surface area contributed by atoms with E-state index in [0.29, 0.717) is 5.56 Å². The van der Waals surface area contributed by atoms with Crippen molar-refractivity contribution in [1.82, 2.24) is 0 Å². The molecule has 0 N–H and O–H groups in total. The minimum Gasteiger partial charge on any atom is -0.481 e. The number of anilines is 1. The smallest absolute Gasteiger partial charge is 0.151 e. The van der Waals surface area contributed by atoms with Gasteiger partial charge in [-0.3, -0.25) is 0 Å². The summed E-state index contributed by atoms with van der Waals surface area (Å²) in [5.74, 6) is 0.815. The van der Waals surface area contributed by atoms with Gasteiger partial charge in [-0.2, -0.15) is 5.26 Å².